The topological polar surface area (TPSA) is 74.2 Å². The predicted molar refractivity (Wildman–Crippen MR) is 97.9 cm³/mol. The van der Waals surface area contributed by atoms with Gasteiger partial charge in [0, 0.05) is 39.3 Å². The van der Waals surface area contributed by atoms with Crippen molar-refractivity contribution < 1.29 is 4.79 Å². The molecule has 25 heavy (non-hydrogen) atoms. The summed E-state index contributed by atoms with van der Waals surface area (Å²) < 4.78 is 1.62. The van der Waals surface area contributed by atoms with Crippen molar-refractivity contribution in [1.29, 1.82) is 0 Å². The number of carbonyl (C=O) groups is 1. The van der Waals surface area contributed by atoms with E-state index in [-0.39, 0.29) is 11.3 Å². The fraction of sp³-hybridized carbons (Fsp3) is 0.611. The number of hydrogen-bond donors (Lipinski definition) is 1. The first-order valence-electron chi connectivity index (χ1n) is 8.95. The lowest BCUT2D eigenvalue weighted by molar-refractivity contribution is 0.0626. The Balaban J connectivity index is 1.73. The van der Waals surface area contributed by atoms with Crippen molar-refractivity contribution in [2.75, 3.05) is 32.7 Å². The molecule has 1 aliphatic rings. The van der Waals surface area contributed by atoms with Crippen LogP contribution in [0.2, 0.25) is 0 Å². The number of carbonyl (C=O) groups excluding carboxylic acids is 1. The lowest BCUT2D eigenvalue weighted by atomic mass is 10.1. The Morgan fingerprint density at radius 1 is 1.28 bits per heavy atom. The number of aromatic nitrogens is 3. The van der Waals surface area contributed by atoms with Crippen LogP contribution in [0.4, 0.5) is 0 Å². The van der Waals surface area contributed by atoms with Gasteiger partial charge >= 0.3 is 0 Å². The van der Waals surface area contributed by atoms with Crippen molar-refractivity contribution in [1.82, 2.24) is 24.6 Å². The Kier molecular flexibility index (Phi) is 4.94. The number of fused-ring (bicyclic) bond motifs is 1. The minimum atomic E-state index is -0.154. The van der Waals surface area contributed by atoms with Crippen LogP contribution in [0.25, 0.3) is 11.0 Å². The van der Waals surface area contributed by atoms with E-state index >= 15 is 0 Å². The summed E-state index contributed by atoms with van der Waals surface area (Å²) in [5, 5.41) is 4.82. The third kappa shape index (κ3) is 3.61. The molecule has 0 saturated carbocycles. The van der Waals surface area contributed by atoms with Crippen LogP contribution in [0.5, 0.6) is 0 Å². The summed E-state index contributed by atoms with van der Waals surface area (Å²) in [6.07, 6.45) is 1.18. The highest BCUT2D eigenvalue weighted by Gasteiger charge is 2.24. The van der Waals surface area contributed by atoms with Crippen molar-refractivity contribution in [3.05, 3.63) is 27.7 Å². The number of rotatable bonds is 4. The zero-order chi connectivity index (χ0) is 18.1. The van der Waals surface area contributed by atoms with Crippen LogP contribution in [0.3, 0.4) is 0 Å². The van der Waals surface area contributed by atoms with E-state index in [0.717, 1.165) is 19.6 Å². The van der Waals surface area contributed by atoms with Crippen LogP contribution < -0.4 is 5.43 Å². The van der Waals surface area contributed by atoms with Gasteiger partial charge in [-0.15, -0.1) is 0 Å². The monoisotopic (exact) mass is 345 g/mol. The molecule has 2 aromatic rings. The summed E-state index contributed by atoms with van der Waals surface area (Å²) in [6.45, 7) is 10.5. The van der Waals surface area contributed by atoms with Crippen molar-refractivity contribution >= 4 is 16.9 Å². The Labute approximate surface area is 147 Å². The quantitative estimate of drug-likeness (QED) is 0.908. The Hall–Kier alpha value is -2.15. The number of pyridine rings is 1. The maximum Gasteiger partial charge on any atom is 0.270 e. The Bertz CT molecular complexity index is 828. The van der Waals surface area contributed by atoms with Gasteiger partial charge in [-0.05, 0) is 25.8 Å². The first-order chi connectivity index (χ1) is 11.9. The Morgan fingerprint density at radius 3 is 2.60 bits per heavy atom. The highest BCUT2D eigenvalue weighted by atomic mass is 16.2. The number of nitrogens with zero attached hydrogens (tertiary/aromatic N) is 4. The lowest BCUT2D eigenvalue weighted by Gasteiger charge is -2.35. The molecule has 0 aromatic carbocycles. The van der Waals surface area contributed by atoms with Gasteiger partial charge in [-0.3, -0.25) is 19.2 Å². The summed E-state index contributed by atoms with van der Waals surface area (Å²) in [6, 6.07) is 1.41. The fourth-order valence-corrected chi connectivity index (χ4v) is 3.36. The Morgan fingerprint density at radius 2 is 1.96 bits per heavy atom. The fourth-order valence-electron chi connectivity index (χ4n) is 3.36. The van der Waals surface area contributed by atoms with E-state index in [4.69, 9.17) is 0 Å². The second kappa shape index (κ2) is 7.00. The van der Waals surface area contributed by atoms with Gasteiger partial charge in [0.25, 0.3) is 5.91 Å². The van der Waals surface area contributed by atoms with Crippen molar-refractivity contribution in [2.45, 2.75) is 27.2 Å². The standard InChI is InChI=1S/C18H27N5O2/c1-12(2)5-6-22-7-9-23(10-8-22)18(25)14-11-15(24)16-13(3)20-21(4)17(16)19-14/h11-12H,5-10H2,1-4H3,(H,19,24). The molecule has 0 spiro atoms. The number of H-pyrrole nitrogens is 1. The molecule has 136 valence electrons. The molecular weight excluding hydrogens is 318 g/mol. The lowest BCUT2D eigenvalue weighted by Crippen LogP contribution is -2.49. The van der Waals surface area contributed by atoms with Crippen molar-refractivity contribution in [2.24, 2.45) is 13.0 Å². The van der Waals surface area contributed by atoms with Gasteiger partial charge in [0.2, 0.25) is 0 Å². The number of amides is 1. The highest BCUT2D eigenvalue weighted by Crippen LogP contribution is 2.14. The molecular formula is C18H27N5O2. The third-order valence-electron chi connectivity index (χ3n) is 4.91. The number of hydrogen-bond acceptors (Lipinski definition) is 4. The highest BCUT2D eigenvalue weighted by molar-refractivity contribution is 5.94. The average molecular weight is 345 g/mol. The zero-order valence-electron chi connectivity index (χ0n) is 15.5. The van der Waals surface area contributed by atoms with E-state index < -0.39 is 0 Å². The van der Waals surface area contributed by atoms with Crippen molar-refractivity contribution in [3.63, 3.8) is 0 Å². The molecule has 1 amide bonds. The molecule has 0 radical (unpaired) electrons. The minimum absolute atomic E-state index is 0.110. The van der Waals surface area contributed by atoms with E-state index in [1.807, 2.05) is 4.90 Å². The van der Waals surface area contributed by atoms with Gasteiger partial charge < -0.3 is 9.88 Å². The number of nitrogens with one attached hydrogen (secondary N) is 1. The van der Waals surface area contributed by atoms with E-state index in [1.165, 1.54) is 12.5 Å². The molecule has 0 aliphatic carbocycles. The smallest absolute Gasteiger partial charge is 0.270 e. The molecule has 7 heteroatoms. The van der Waals surface area contributed by atoms with Crippen molar-refractivity contribution in [3.8, 4) is 0 Å². The van der Waals surface area contributed by atoms with Gasteiger partial charge in [-0.1, -0.05) is 13.8 Å². The molecule has 0 atom stereocenters. The molecule has 1 aliphatic heterocycles. The van der Waals surface area contributed by atoms with E-state index in [0.29, 0.717) is 41.4 Å². The summed E-state index contributed by atoms with van der Waals surface area (Å²) in [4.78, 5) is 32.5. The average Bonchev–Trinajstić information content (AvgIpc) is 2.87. The van der Waals surface area contributed by atoms with Gasteiger partial charge in [0.15, 0.2) is 5.43 Å². The zero-order valence-corrected chi connectivity index (χ0v) is 15.5. The van der Waals surface area contributed by atoms with Crippen LogP contribution in [0.1, 0.15) is 36.5 Å². The molecule has 2 aromatic heterocycles. The van der Waals surface area contributed by atoms with E-state index in [9.17, 15) is 9.59 Å². The maximum atomic E-state index is 12.8. The summed E-state index contributed by atoms with van der Waals surface area (Å²) >= 11 is 0. The second-order valence-electron chi connectivity index (χ2n) is 7.30. The molecule has 1 N–H and O–H groups in total. The molecule has 3 heterocycles. The van der Waals surface area contributed by atoms with E-state index in [2.05, 4.69) is 28.8 Å². The van der Waals surface area contributed by atoms with E-state index in [1.54, 1.807) is 18.7 Å². The van der Waals surface area contributed by atoms with Crippen LogP contribution in [-0.4, -0.2) is 63.2 Å². The van der Waals surface area contributed by atoms with Gasteiger partial charge in [0.1, 0.15) is 11.3 Å². The van der Waals surface area contributed by atoms with Gasteiger partial charge in [-0.25, -0.2) is 0 Å². The molecule has 0 unspecified atom stereocenters. The van der Waals surface area contributed by atoms with Gasteiger partial charge in [0.05, 0.1) is 11.1 Å². The first kappa shape index (κ1) is 17.7. The number of aryl methyl sites for hydroxylation is 2. The summed E-state index contributed by atoms with van der Waals surface area (Å²) in [5.74, 6) is 0.583. The van der Waals surface area contributed by atoms with Crippen LogP contribution >= 0.6 is 0 Å². The summed E-state index contributed by atoms with van der Waals surface area (Å²) in [5.41, 5.74) is 1.47. The third-order valence-corrected chi connectivity index (χ3v) is 4.91. The summed E-state index contributed by atoms with van der Waals surface area (Å²) in [7, 11) is 1.77. The first-order valence-corrected chi connectivity index (χ1v) is 8.95. The largest absolute Gasteiger partial charge is 0.335 e. The molecule has 1 saturated heterocycles. The van der Waals surface area contributed by atoms with Gasteiger partial charge in [-0.2, -0.15) is 5.10 Å². The molecule has 0 bridgehead atoms. The number of piperazine rings is 1. The molecule has 7 nitrogen and oxygen atoms in total. The van der Waals surface area contributed by atoms with Crippen LogP contribution in [-0.2, 0) is 7.05 Å². The normalized spacial score (nSPS) is 16.1. The number of aromatic amines is 1. The molecule has 1 fully saturated rings. The minimum Gasteiger partial charge on any atom is -0.335 e. The SMILES string of the molecule is Cc1nn(C)c2[nH]c(C(=O)N3CCN(CCC(C)C)CC3)cc(=O)c12. The molecule has 3 rings (SSSR count). The second-order valence-corrected chi connectivity index (χ2v) is 7.30. The van der Waals surface area contributed by atoms with Crippen LogP contribution in [0.15, 0.2) is 10.9 Å². The van der Waals surface area contributed by atoms with Crippen LogP contribution in [0, 0.1) is 12.8 Å². The maximum absolute atomic E-state index is 12.8. The predicted octanol–water partition coefficient (Wildman–Crippen LogP) is 1.37.